The van der Waals surface area contributed by atoms with Gasteiger partial charge in [-0.05, 0) is 12.1 Å². The van der Waals surface area contributed by atoms with Crippen molar-refractivity contribution in [1.29, 1.82) is 0 Å². The van der Waals surface area contributed by atoms with E-state index in [1.165, 1.54) is 6.07 Å². The summed E-state index contributed by atoms with van der Waals surface area (Å²) in [6, 6.07) is 2.54. The Morgan fingerprint density at radius 1 is 1.50 bits per heavy atom. The molecule has 1 aromatic carbocycles. The molecule has 1 amide bonds. The summed E-state index contributed by atoms with van der Waals surface area (Å²) in [6.45, 7) is 0. The SMILES string of the molecule is O=C1Cc2c(ccc(C(=O)O)c2F)N1. The van der Waals surface area contributed by atoms with Gasteiger partial charge in [0.15, 0.2) is 0 Å². The van der Waals surface area contributed by atoms with Crippen LogP contribution in [0.1, 0.15) is 15.9 Å². The van der Waals surface area contributed by atoms with Gasteiger partial charge in [0, 0.05) is 11.3 Å². The third-order valence-corrected chi connectivity index (χ3v) is 2.09. The van der Waals surface area contributed by atoms with Gasteiger partial charge >= 0.3 is 5.97 Å². The number of anilines is 1. The number of carboxylic acids is 1. The zero-order chi connectivity index (χ0) is 10.3. The maximum absolute atomic E-state index is 13.4. The molecule has 1 aromatic rings. The molecule has 0 fully saturated rings. The van der Waals surface area contributed by atoms with E-state index in [4.69, 9.17) is 5.11 Å². The van der Waals surface area contributed by atoms with Gasteiger partial charge in [0.1, 0.15) is 5.82 Å². The molecular weight excluding hydrogens is 189 g/mol. The minimum absolute atomic E-state index is 0.0950. The van der Waals surface area contributed by atoms with Gasteiger partial charge in [0.25, 0.3) is 0 Å². The number of aromatic carboxylic acids is 1. The van der Waals surface area contributed by atoms with Gasteiger partial charge in [0.2, 0.25) is 5.91 Å². The first kappa shape index (κ1) is 8.68. The molecule has 0 saturated heterocycles. The van der Waals surface area contributed by atoms with Crippen molar-refractivity contribution < 1.29 is 19.1 Å². The Morgan fingerprint density at radius 2 is 2.21 bits per heavy atom. The van der Waals surface area contributed by atoms with Crippen molar-refractivity contribution in [3.8, 4) is 0 Å². The second-order valence-corrected chi connectivity index (χ2v) is 2.98. The highest BCUT2D eigenvalue weighted by Gasteiger charge is 2.24. The van der Waals surface area contributed by atoms with E-state index < -0.39 is 17.3 Å². The molecule has 4 nitrogen and oxygen atoms in total. The molecule has 0 unspecified atom stereocenters. The van der Waals surface area contributed by atoms with Crippen LogP contribution in [0.3, 0.4) is 0 Å². The molecule has 2 N–H and O–H groups in total. The van der Waals surface area contributed by atoms with Gasteiger partial charge in [-0.2, -0.15) is 0 Å². The molecule has 14 heavy (non-hydrogen) atoms. The molecule has 5 heteroatoms. The number of nitrogens with one attached hydrogen (secondary N) is 1. The molecule has 0 aromatic heterocycles. The summed E-state index contributed by atoms with van der Waals surface area (Å²) < 4.78 is 13.4. The lowest BCUT2D eigenvalue weighted by Gasteiger charge is -2.02. The highest BCUT2D eigenvalue weighted by molar-refractivity contribution is 6.00. The van der Waals surface area contributed by atoms with Gasteiger partial charge in [-0.1, -0.05) is 0 Å². The van der Waals surface area contributed by atoms with E-state index in [1.54, 1.807) is 0 Å². The van der Waals surface area contributed by atoms with Crippen LogP contribution in [-0.2, 0) is 11.2 Å². The van der Waals surface area contributed by atoms with E-state index in [9.17, 15) is 14.0 Å². The number of carbonyl (C=O) groups excluding carboxylic acids is 1. The predicted molar refractivity (Wildman–Crippen MR) is 45.7 cm³/mol. The van der Waals surface area contributed by atoms with Crippen LogP contribution in [0.15, 0.2) is 12.1 Å². The van der Waals surface area contributed by atoms with Gasteiger partial charge in [0.05, 0.1) is 12.0 Å². The Labute approximate surface area is 78.4 Å². The lowest BCUT2D eigenvalue weighted by atomic mass is 10.1. The lowest BCUT2D eigenvalue weighted by Crippen LogP contribution is -2.03. The summed E-state index contributed by atoms with van der Waals surface area (Å²) in [5.74, 6) is -2.47. The standard InChI is InChI=1S/C9H6FNO3/c10-8-4(9(13)14)1-2-6-5(8)3-7(12)11-6/h1-2H,3H2,(H,11,12)(H,13,14). The third-order valence-electron chi connectivity index (χ3n) is 2.09. The monoisotopic (exact) mass is 195 g/mol. The quantitative estimate of drug-likeness (QED) is 0.703. The van der Waals surface area contributed by atoms with E-state index >= 15 is 0 Å². The normalized spacial score (nSPS) is 13.6. The Hall–Kier alpha value is -1.91. The van der Waals surface area contributed by atoms with Gasteiger partial charge in [-0.3, -0.25) is 4.79 Å². The van der Waals surface area contributed by atoms with Crippen LogP contribution in [0, 0.1) is 5.82 Å². The number of halogens is 1. The fraction of sp³-hybridized carbons (Fsp3) is 0.111. The van der Waals surface area contributed by atoms with Crippen LogP contribution in [-0.4, -0.2) is 17.0 Å². The number of fused-ring (bicyclic) bond motifs is 1. The highest BCUT2D eigenvalue weighted by Crippen LogP contribution is 2.27. The number of carbonyl (C=O) groups is 2. The van der Waals surface area contributed by atoms with Crippen LogP contribution >= 0.6 is 0 Å². The minimum Gasteiger partial charge on any atom is -0.478 e. The number of carboxylic acid groups (broad SMARTS) is 1. The average molecular weight is 195 g/mol. The number of rotatable bonds is 1. The maximum Gasteiger partial charge on any atom is 0.338 e. The number of hydrogen-bond acceptors (Lipinski definition) is 2. The fourth-order valence-corrected chi connectivity index (χ4v) is 1.43. The zero-order valence-corrected chi connectivity index (χ0v) is 7.00. The first-order chi connectivity index (χ1) is 6.59. The predicted octanol–water partition coefficient (Wildman–Crippen LogP) is 1.02. The topological polar surface area (TPSA) is 66.4 Å². The highest BCUT2D eigenvalue weighted by atomic mass is 19.1. The molecule has 2 rings (SSSR count). The molecule has 72 valence electrons. The maximum atomic E-state index is 13.4. The van der Waals surface area contributed by atoms with Crippen molar-refractivity contribution >= 4 is 17.6 Å². The molecule has 1 heterocycles. The number of benzene rings is 1. The molecule has 1 aliphatic heterocycles. The van der Waals surface area contributed by atoms with Crippen molar-refractivity contribution in [2.24, 2.45) is 0 Å². The van der Waals surface area contributed by atoms with Gasteiger partial charge in [-0.25, -0.2) is 9.18 Å². The molecule has 0 spiro atoms. The average Bonchev–Trinajstić information content (AvgIpc) is 2.46. The molecule has 0 saturated carbocycles. The first-order valence-corrected chi connectivity index (χ1v) is 3.94. The molecule has 1 aliphatic rings. The van der Waals surface area contributed by atoms with E-state index in [-0.39, 0.29) is 17.9 Å². The van der Waals surface area contributed by atoms with Crippen molar-refractivity contribution in [2.75, 3.05) is 5.32 Å². The summed E-state index contributed by atoms with van der Waals surface area (Å²) in [5.41, 5.74) is 0.0904. The van der Waals surface area contributed by atoms with Crippen LogP contribution in [0.4, 0.5) is 10.1 Å². The first-order valence-electron chi connectivity index (χ1n) is 3.94. The van der Waals surface area contributed by atoms with Crippen molar-refractivity contribution in [1.82, 2.24) is 0 Å². The Morgan fingerprint density at radius 3 is 2.86 bits per heavy atom. The molecular formula is C9H6FNO3. The van der Waals surface area contributed by atoms with Crippen LogP contribution < -0.4 is 5.32 Å². The minimum atomic E-state index is -1.33. The Bertz CT molecular complexity index is 442. The van der Waals surface area contributed by atoms with Gasteiger partial charge in [-0.15, -0.1) is 0 Å². The van der Waals surface area contributed by atoms with E-state index in [2.05, 4.69) is 5.32 Å². The number of amides is 1. The van der Waals surface area contributed by atoms with Gasteiger partial charge < -0.3 is 10.4 Å². The second-order valence-electron chi connectivity index (χ2n) is 2.98. The van der Waals surface area contributed by atoms with Crippen LogP contribution in [0.25, 0.3) is 0 Å². The van der Waals surface area contributed by atoms with E-state index in [0.717, 1.165) is 6.07 Å². The van der Waals surface area contributed by atoms with E-state index in [0.29, 0.717) is 5.69 Å². The molecule has 0 atom stereocenters. The molecule has 0 radical (unpaired) electrons. The van der Waals surface area contributed by atoms with Crippen molar-refractivity contribution in [2.45, 2.75) is 6.42 Å². The van der Waals surface area contributed by atoms with Crippen molar-refractivity contribution in [3.63, 3.8) is 0 Å². The summed E-state index contributed by atoms with van der Waals surface area (Å²) in [5, 5.41) is 11.0. The summed E-state index contributed by atoms with van der Waals surface area (Å²) in [4.78, 5) is 21.5. The summed E-state index contributed by atoms with van der Waals surface area (Å²) in [7, 11) is 0. The van der Waals surface area contributed by atoms with Crippen LogP contribution in [0.5, 0.6) is 0 Å². The second kappa shape index (κ2) is 2.80. The smallest absolute Gasteiger partial charge is 0.338 e. The summed E-state index contributed by atoms with van der Waals surface area (Å²) in [6.07, 6.45) is -0.0950. The van der Waals surface area contributed by atoms with Crippen LogP contribution in [0.2, 0.25) is 0 Å². The van der Waals surface area contributed by atoms with Crippen molar-refractivity contribution in [3.05, 3.63) is 29.1 Å². The largest absolute Gasteiger partial charge is 0.478 e. The number of hydrogen-bond donors (Lipinski definition) is 2. The fourth-order valence-electron chi connectivity index (χ4n) is 1.43. The zero-order valence-electron chi connectivity index (χ0n) is 7.00. The lowest BCUT2D eigenvalue weighted by molar-refractivity contribution is -0.115. The molecule has 0 aliphatic carbocycles. The summed E-state index contributed by atoms with van der Waals surface area (Å²) >= 11 is 0. The Kier molecular flexibility index (Phi) is 1.73. The third kappa shape index (κ3) is 1.14. The molecule has 0 bridgehead atoms. The Balaban J connectivity index is 2.59. The van der Waals surface area contributed by atoms with E-state index in [1.807, 2.05) is 0 Å².